The highest BCUT2D eigenvalue weighted by Gasteiger charge is 2.19. The molecule has 1 saturated heterocycles. The second kappa shape index (κ2) is 1.90. The van der Waals surface area contributed by atoms with Crippen LogP contribution in [0.3, 0.4) is 0 Å². The van der Waals surface area contributed by atoms with Crippen molar-refractivity contribution in [3.8, 4) is 0 Å². The third-order valence-corrected chi connectivity index (χ3v) is 1.91. The molecule has 2 aliphatic rings. The SMILES string of the molecule is [CH]1CNC2=CC=CCC12. The first-order chi connectivity index (χ1) is 4.47. The fourth-order valence-corrected chi connectivity index (χ4v) is 1.38. The van der Waals surface area contributed by atoms with Crippen LogP contribution < -0.4 is 5.32 Å². The van der Waals surface area contributed by atoms with Gasteiger partial charge in [-0.25, -0.2) is 0 Å². The Hall–Kier alpha value is -0.720. The van der Waals surface area contributed by atoms with Crippen molar-refractivity contribution in [2.24, 2.45) is 5.92 Å². The molecule has 0 amide bonds. The third kappa shape index (κ3) is 0.766. The normalized spacial score (nSPS) is 31.1. The van der Waals surface area contributed by atoms with Crippen LogP contribution in [0.4, 0.5) is 0 Å². The van der Waals surface area contributed by atoms with Crippen LogP contribution in [-0.4, -0.2) is 6.54 Å². The van der Waals surface area contributed by atoms with E-state index in [2.05, 4.69) is 30.0 Å². The molecule has 47 valence electrons. The van der Waals surface area contributed by atoms with Gasteiger partial charge >= 0.3 is 0 Å². The molecule has 1 radical (unpaired) electrons. The summed E-state index contributed by atoms with van der Waals surface area (Å²) in [7, 11) is 0. The van der Waals surface area contributed by atoms with Crippen molar-refractivity contribution in [2.75, 3.05) is 6.54 Å². The zero-order valence-corrected chi connectivity index (χ0v) is 5.30. The van der Waals surface area contributed by atoms with E-state index < -0.39 is 0 Å². The van der Waals surface area contributed by atoms with E-state index in [1.54, 1.807) is 0 Å². The highest BCUT2D eigenvalue weighted by atomic mass is 14.9. The molecule has 1 heteroatoms. The Morgan fingerprint density at radius 3 is 3.44 bits per heavy atom. The molecular weight excluding hydrogens is 110 g/mol. The zero-order chi connectivity index (χ0) is 6.10. The van der Waals surface area contributed by atoms with Crippen molar-refractivity contribution < 1.29 is 0 Å². The Bertz CT molecular complexity index is 167. The summed E-state index contributed by atoms with van der Waals surface area (Å²) in [6.07, 6.45) is 10.0. The van der Waals surface area contributed by atoms with Gasteiger partial charge < -0.3 is 5.32 Å². The summed E-state index contributed by atoms with van der Waals surface area (Å²) in [5.74, 6) is 0.704. The van der Waals surface area contributed by atoms with E-state index in [9.17, 15) is 0 Å². The van der Waals surface area contributed by atoms with Crippen molar-refractivity contribution in [3.05, 3.63) is 30.3 Å². The lowest BCUT2D eigenvalue weighted by atomic mass is 9.97. The number of allylic oxidation sites excluding steroid dienone is 4. The maximum absolute atomic E-state index is 3.31. The second-order valence-corrected chi connectivity index (χ2v) is 2.51. The fraction of sp³-hybridized carbons (Fsp3) is 0.375. The fourth-order valence-electron chi connectivity index (χ4n) is 1.38. The van der Waals surface area contributed by atoms with Gasteiger partial charge in [-0.05, 0) is 18.9 Å². The van der Waals surface area contributed by atoms with Gasteiger partial charge in [0.05, 0.1) is 0 Å². The van der Waals surface area contributed by atoms with Crippen molar-refractivity contribution in [2.45, 2.75) is 6.42 Å². The number of hydrogen-bond acceptors (Lipinski definition) is 1. The van der Waals surface area contributed by atoms with Crippen LogP contribution in [0, 0.1) is 12.3 Å². The molecule has 0 aromatic heterocycles. The molecule has 1 N–H and O–H groups in total. The van der Waals surface area contributed by atoms with Crippen LogP contribution in [0.5, 0.6) is 0 Å². The van der Waals surface area contributed by atoms with Crippen molar-refractivity contribution >= 4 is 0 Å². The van der Waals surface area contributed by atoms with Gasteiger partial charge in [-0.3, -0.25) is 0 Å². The molecule has 9 heavy (non-hydrogen) atoms. The molecule has 1 aliphatic carbocycles. The van der Waals surface area contributed by atoms with Crippen LogP contribution in [0.25, 0.3) is 0 Å². The zero-order valence-electron chi connectivity index (χ0n) is 5.30. The highest BCUT2D eigenvalue weighted by molar-refractivity contribution is 5.26. The van der Waals surface area contributed by atoms with E-state index in [4.69, 9.17) is 0 Å². The third-order valence-electron chi connectivity index (χ3n) is 1.91. The van der Waals surface area contributed by atoms with E-state index in [1.165, 1.54) is 12.1 Å². The molecule has 0 spiro atoms. The Morgan fingerprint density at radius 2 is 2.56 bits per heavy atom. The minimum absolute atomic E-state index is 0.704. The van der Waals surface area contributed by atoms with Gasteiger partial charge in [-0.1, -0.05) is 12.2 Å². The number of fused-ring (bicyclic) bond motifs is 1. The Balaban J connectivity index is 2.23. The van der Waals surface area contributed by atoms with Crippen molar-refractivity contribution in [3.63, 3.8) is 0 Å². The summed E-state index contributed by atoms with van der Waals surface area (Å²) in [5.41, 5.74) is 1.40. The predicted octanol–water partition coefficient (Wildman–Crippen LogP) is 1.25. The first-order valence-electron chi connectivity index (χ1n) is 3.41. The average molecular weight is 120 g/mol. The minimum atomic E-state index is 0.704. The van der Waals surface area contributed by atoms with E-state index in [0.29, 0.717) is 5.92 Å². The highest BCUT2D eigenvalue weighted by Crippen LogP contribution is 2.24. The monoisotopic (exact) mass is 120 g/mol. The van der Waals surface area contributed by atoms with Gasteiger partial charge in [0.25, 0.3) is 0 Å². The smallest absolute Gasteiger partial charge is 0.0182 e. The van der Waals surface area contributed by atoms with E-state index in [0.717, 1.165) is 6.54 Å². The second-order valence-electron chi connectivity index (χ2n) is 2.51. The number of nitrogens with one attached hydrogen (secondary N) is 1. The number of hydrogen-bond donors (Lipinski definition) is 1. The van der Waals surface area contributed by atoms with Gasteiger partial charge in [0, 0.05) is 18.2 Å². The summed E-state index contributed by atoms with van der Waals surface area (Å²) in [5, 5.41) is 3.31. The molecule has 2 rings (SSSR count). The largest absolute Gasteiger partial charge is 0.388 e. The molecule has 1 aliphatic heterocycles. The molecule has 0 saturated carbocycles. The molecule has 0 bridgehead atoms. The Labute approximate surface area is 55.5 Å². The number of rotatable bonds is 0. The maximum atomic E-state index is 3.31. The van der Waals surface area contributed by atoms with E-state index >= 15 is 0 Å². The molecule has 1 atom stereocenters. The van der Waals surface area contributed by atoms with Crippen LogP contribution in [0.2, 0.25) is 0 Å². The van der Waals surface area contributed by atoms with Crippen molar-refractivity contribution in [1.82, 2.24) is 5.32 Å². The summed E-state index contributed by atoms with van der Waals surface area (Å²) >= 11 is 0. The minimum Gasteiger partial charge on any atom is -0.388 e. The lowest BCUT2D eigenvalue weighted by Gasteiger charge is -2.10. The van der Waals surface area contributed by atoms with Crippen LogP contribution >= 0.6 is 0 Å². The van der Waals surface area contributed by atoms with Gasteiger partial charge in [0.2, 0.25) is 0 Å². The molecule has 1 unspecified atom stereocenters. The molecule has 1 heterocycles. The van der Waals surface area contributed by atoms with Gasteiger partial charge in [-0.15, -0.1) is 0 Å². The Kier molecular flexibility index (Phi) is 1.08. The first kappa shape index (κ1) is 5.10. The standard InChI is InChI=1S/C8H10N/c1-2-4-8-7(3-1)5-6-9-8/h1-2,4-5,7,9H,3,6H2. The van der Waals surface area contributed by atoms with Crippen LogP contribution in [0.1, 0.15) is 6.42 Å². The predicted molar refractivity (Wildman–Crippen MR) is 37.6 cm³/mol. The van der Waals surface area contributed by atoms with Crippen LogP contribution in [0.15, 0.2) is 23.9 Å². The molecule has 0 aromatic carbocycles. The summed E-state index contributed by atoms with van der Waals surface area (Å²) < 4.78 is 0. The van der Waals surface area contributed by atoms with Gasteiger partial charge in [-0.2, -0.15) is 0 Å². The van der Waals surface area contributed by atoms with E-state index in [-0.39, 0.29) is 0 Å². The lowest BCUT2D eigenvalue weighted by molar-refractivity contribution is 0.743. The lowest BCUT2D eigenvalue weighted by Crippen LogP contribution is -2.07. The first-order valence-corrected chi connectivity index (χ1v) is 3.41. The molecule has 1 nitrogen and oxygen atoms in total. The summed E-state index contributed by atoms with van der Waals surface area (Å²) in [4.78, 5) is 0. The Morgan fingerprint density at radius 1 is 1.56 bits per heavy atom. The maximum Gasteiger partial charge on any atom is 0.0182 e. The van der Waals surface area contributed by atoms with Gasteiger partial charge in [0.15, 0.2) is 0 Å². The van der Waals surface area contributed by atoms with Crippen LogP contribution in [-0.2, 0) is 0 Å². The topological polar surface area (TPSA) is 12.0 Å². The molecule has 0 aromatic rings. The molecule has 1 fully saturated rings. The summed E-state index contributed by atoms with van der Waals surface area (Å²) in [6, 6.07) is 0. The van der Waals surface area contributed by atoms with Crippen molar-refractivity contribution in [1.29, 1.82) is 0 Å². The quantitative estimate of drug-likeness (QED) is 0.507. The van der Waals surface area contributed by atoms with E-state index in [1.807, 2.05) is 0 Å². The summed E-state index contributed by atoms with van der Waals surface area (Å²) in [6.45, 7) is 1.05. The van der Waals surface area contributed by atoms with Gasteiger partial charge in [0.1, 0.15) is 0 Å². The molecular formula is C8H10N. The average Bonchev–Trinajstić information content (AvgIpc) is 2.33.